The Morgan fingerprint density at radius 1 is 1.18 bits per heavy atom. The summed E-state index contributed by atoms with van der Waals surface area (Å²) in [6.45, 7) is 0. The zero-order valence-electron chi connectivity index (χ0n) is 11.1. The molecule has 1 aliphatic heterocycles. The number of aromatic nitrogens is 2. The van der Waals surface area contributed by atoms with E-state index in [2.05, 4.69) is 15.3 Å². The van der Waals surface area contributed by atoms with E-state index in [-0.39, 0.29) is 22.8 Å². The van der Waals surface area contributed by atoms with Crippen molar-refractivity contribution in [3.05, 3.63) is 72.6 Å². The molecule has 1 atom stereocenters. The van der Waals surface area contributed by atoms with Gasteiger partial charge in [0.15, 0.2) is 0 Å². The van der Waals surface area contributed by atoms with Crippen LogP contribution >= 0.6 is 11.6 Å². The molecule has 8 heteroatoms. The summed E-state index contributed by atoms with van der Waals surface area (Å²) >= 11 is 5.87. The molecule has 0 spiro atoms. The van der Waals surface area contributed by atoms with Crippen molar-refractivity contribution in [2.75, 3.05) is 5.32 Å². The van der Waals surface area contributed by atoms with Gasteiger partial charge in [-0.1, -0.05) is 23.7 Å². The van der Waals surface area contributed by atoms with Gasteiger partial charge in [-0.2, -0.15) is 5.26 Å². The van der Waals surface area contributed by atoms with Crippen LogP contribution in [0.15, 0.2) is 45.2 Å². The lowest BCUT2D eigenvalue weighted by molar-refractivity contribution is 0.865. The molecule has 1 aromatic carbocycles. The Bertz CT molecular complexity index is 933. The number of allylic oxidation sites excluding steroid dienone is 1. The highest BCUT2D eigenvalue weighted by molar-refractivity contribution is 6.30. The number of nitrogens with zero attached hydrogens (tertiary/aromatic N) is 1. The fraction of sp³-hybridized carbons (Fsp3) is 0.0714. The summed E-state index contributed by atoms with van der Waals surface area (Å²) in [7, 11) is 0. The minimum absolute atomic E-state index is 0.0937. The third-order valence-corrected chi connectivity index (χ3v) is 3.68. The van der Waals surface area contributed by atoms with Crippen molar-refractivity contribution < 1.29 is 0 Å². The average molecular weight is 316 g/mol. The molecule has 0 aliphatic carbocycles. The van der Waals surface area contributed by atoms with E-state index < -0.39 is 17.2 Å². The van der Waals surface area contributed by atoms with Crippen molar-refractivity contribution in [2.24, 2.45) is 5.73 Å². The second kappa shape index (κ2) is 5.09. The van der Waals surface area contributed by atoms with Crippen LogP contribution in [0.1, 0.15) is 17.0 Å². The second-order valence-electron chi connectivity index (χ2n) is 4.75. The lowest BCUT2D eigenvalue weighted by atomic mass is 9.84. The molecule has 5 N–H and O–H groups in total. The van der Waals surface area contributed by atoms with Crippen molar-refractivity contribution >= 4 is 17.4 Å². The monoisotopic (exact) mass is 315 g/mol. The zero-order valence-corrected chi connectivity index (χ0v) is 11.9. The molecule has 110 valence electrons. The molecule has 1 aliphatic rings. The van der Waals surface area contributed by atoms with Gasteiger partial charge in [-0.25, -0.2) is 4.79 Å². The predicted molar refractivity (Wildman–Crippen MR) is 81.4 cm³/mol. The Morgan fingerprint density at radius 3 is 2.50 bits per heavy atom. The van der Waals surface area contributed by atoms with Crippen molar-refractivity contribution in [3.63, 3.8) is 0 Å². The van der Waals surface area contributed by atoms with Crippen LogP contribution < -0.4 is 22.3 Å². The first-order valence-electron chi connectivity index (χ1n) is 6.30. The maximum Gasteiger partial charge on any atom is 0.327 e. The average Bonchev–Trinajstić information content (AvgIpc) is 2.46. The largest absolute Gasteiger partial charge is 0.384 e. The fourth-order valence-corrected chi connectivity index (χ4v) is 2.61. The van der Waals surface area contributed by atoms with Gasteiger partial charge in [-0.3, -0.25) is 14.8 Å². The first-order chi connectivity index (χ1) is 10.5. The number of rotatable bonds is 1. The van der Waals surface area contributed by atoms with E-state index in [1.807, 2.05) is 6.07 Å². The second-order valence-corrected chi connectivity index (χ2v) is 5.18. The van der Waals surface area contributed by atoms with Gasteiger partial charge < -0.3 is 11.1 Å². The molecule has 22 heavy (non-hydrogen) atoms. The normalized spacial score (nSPS) is 16.6. The number of H-pyrrole nitrogens is 2. The number of nitrogens with two attached hydrogens (primary N) is 1. The van der Waals surface area contributed by atoms with Crippen LogP contribution in [0.5, 0.6) is 0 Å². The molecule has 0 bridgehead atoms. The number of anilines is 1. The number of halogens is 1. The molecule has 2 heterocycles. The van der Waals surface area contributed by atoms with Crippen molar-refractivity contribution in [2.45, 2.75) is 5.92 Å². The molecule has 0 fully saturated rings. The van der Waals surface area contributed by atoms with Crippen LogP contribution in [-0.2, 0) is 0 Å². The number of nitrogens with one attached hydrogen (secondary N) is 3. The van der Waals surface area contributed by atoms with Crippen molar-refractivity contribution in [3.8, 4) is 6.07 Å². The van der Waals surface area contributed by atoms with Gasteiger partial charge in [-0.05, 0) is 17.7 Å². The first kappa shape index (κ1) is 14.0. The van der Waals surface area contributed by atoms with Crippen molar-refractivity contribution in [1.82, 2.24) is 9.97 Å². The number of aromatic amines is 2. The Morgan fingerprint density at radius 2 is 1.86 bits per heavy atom. The Labute approximate surface area is 129 Å². The van der Waals surface area contributed by atoms with Crippen LogP contribution in [0.2, 0.25) is 5.02 Å². The third-order valence-electron chi connectivity index (χ3n) is 3.43. The summed E-state index contributed by atoms with van der Waals surface area (Å²) in [5.74, 6) is -0.402. The number of hydrogen-bond acceptors (Lipinski definition) is 5. The lowest BCUT2D eigenvalue weighted by Crippen LogP contribution is -2.34. The number of hydrogen-bond donors (Lipinski definition) is 4. The van der Waals surface area contributed by atoms with E-state index in [0.717, 1.165) is 0 Å². The highest BCUT2D eigenvalue weighted by Gasteiger charge is 2.32. The molecule has 0 radical (unpaired) electrons. The summed E-state index contributed by atoms with van der Waals surface area (Å²) in [5, 5.41) is 12.6. The van der Waals surface area contributed by atoms with Gasteiger partial charge >= 0.3 is 5.69 Å². The highest BCUT2D eigenvalue weighted by Crippen LogP contribution is 2.37. The number of nitriles is 1. The van der Waals surface area contributed by atoms with E-state index in [0.29, 0.717) is 10.6 Å². The van der Waals surface area contributed by atoms with E-state index in [1.54, 1.807) is 24.3 Å². The molecule has 7 nitrogen and oxygen atoms in total. The van der Waals surface area contributed by atoms with Crippen LogP contribution in [-0.4, -0.2) is 9.97 Å². The topological polar surface area (TPSA) is 128 Å². The van der Waals surface area contributed by atoms with Gasteiger partial charge in [0.2, 0.25) is 0 Å². The molecule has 3 rings (SSSR count). The summed E-state index contributed by atoms with van der Waals surface area (Å²) in [4.78, 5) is 28.3. The molecule has 1 aromatic heterocycles. The maximum absolute atomic E-state index is 12.2. The minimum Gasteiger partial charge on any atom is -0.384 e. The van der Waals surface area contributed by atoms with Crippen LogP contribution in [0.4, 0.5) is 5.82 Å². The standard InChI is InChI=1S/C14H10ClN5O2/c15-7-3-1-6(2-4-7)9-8(5-16)11(17)18-12-10(9)13(21)20-14(22)19-12/h1-4,9H,17H2,(H3,18,19,20,21,22). The van der Waals surface area contributed by atoms with Crippen LogP contribution in [0.25, 0.3) is 0 Å². The molecular weight excluding hydrogens is 306 g/mol. The molecule has 0 amide bonds. The fourth-order valence-electron chi connectivity index (χ4n) is 2.49. The quantitative estimate of drug-likeness (QED) is 0.623. The first-order valence-corrected chi connectivity index (χ1v) is 6.67. The van der Waals surface area contributed by atoms with Gasteiger partial charge in [0.1, 0.15) is 11.6 Å². The summed E-state index contributed by atoms with van der Waals surface area (Å²) < 4.78 is 0. The smallest absolute Gasteiger partial charge is 0.327 e. The predicted octanol–water partition coefficient (Wildman–Crippen LogP) is 0.968. The summed E-state index contributed by atoms with van der Waals surface area (Å²) in [6, 6.07) is 8.74. The van der Waals surface area contributed by atoms with Gasteiger partial charge in [0, 0.05) is 5.02 Å². The molecule has 0 saturated carbocycles. The van der Waals surface area contributed by atoms with Gasteiger partial charge in [0.25, 0.3) is 5.56 Å². The van der Waals surface area contributed by atoms with E-state index in [1.165, 1.54) is 0 Å². The zero-order chi connectivity index (χ0) is 15.9. The van der Waals surface area contributed by atoms with E-state index in [4.69, 9.17) is 17.3 Å². The number of fused-ring (bicyclic) bond motifs is 1. The maximum atomic E-state index is 12.2. The Hall–Kier alpha value is -2.98. The molecule has 2 aromatic rings. The SMILES string of the molecule is N#CC1=C(N)Nc2[nH]c(=O)[nH]c(=O)c2C1c1ccc(Cl)cc1. The third kappa shape index (κ3) is 2.16. The van der Waals surface area contributed by atoms with Crippen LogP contribution in [0.3, 0.4) is 0 Å². The Balaban J connectivity index is 2.32. The molecular formula is C14H10ClN5O2. The molecule has 1 unspecified atom stereocenters. The number of benzene rings is 1. The Kier molecular flexibility index (Phi) is 3.23. The minimum atomic E-state index is -0.681. The summed E-state index contributed by atoms with van der Waals surface area (Å²) in [6.07, 6.45) is 0. The van der Waals surface area contributed by atoms with Gasteiger partial charge in [0.05, 0.1) is 23.1 Å². The van der Waals surface area contributed by atoms with E-state index >= 15 is 0 Å². The lowest BCUT2D eigenvalue weighted by Gasteiger charge is -2.25. The summed E-state index contributed by atoms with van der Waals surface area (Å²) in [5.41, 5.74) is 5.72. The van der Waals surface area contributed by atoms with E-state index in [9.17, 15) is 14.9 Å². The van der Waals surface area contributed by atoms with Crippen LogP contribution in [0, 0.1) is 11.3 Å². The van der Waals surface area contributed by atoms with Crippen molar-refractivity contribution in [1.29, 1.82) is 5.26 Å². The highest BCUT2D eigenvalue weighted by atomic mass is 35.5. The van der Waals surface area contributed by atoms with Gasteiger partial charge in [-0.15, -0.1) is 0 Å². The molecule has 0 saturated heterocycles.